The van der Waals surface area contributed by atoms with Crippen molar-refractivity contribution in [3.05, 3.63) is 84.7 Å². The molecule has 7 heteroatoms. The summed E-state index contributed by atoms with van der Waals surface area (Å²) in [5.74, 6) is 0.333. The number of amides is 1. The van der Waals surface area contributed by atoms with Crippen LogP contribution >= 0.6 is 0 Å². The van der Waals surface area contributed by atoms with Crippen LogP contribution in [0.5, 0.6) is 0 Å². The summed E-state index contributed by atoms with van der Waals surface area (Å²) in [5, 5.41) is 10.6. The number of aromatic nitrogens is 5. The van der Waals surface area contributed by atoms with Crippen molar-refractivity contribution in [3.8, 4) is 22.4 Å². The summed E-state index contributed by atoms with van der Waals surface area (Å²) in [6.07, 6.45) is 10.5. The van der Waals surface area contributed by atoms with Gasteiger partial charge in [0, 0.05) is 41.5 Å². The zero-order valence-corrected chi connectivity index (χ0v) is 15.8. The van der Waals surface area contributed by atoms with E-state index >= 15 is 0 Å². The van der Waals surface area contributed by atoms with E-state index in [1.165, 1.54) is 0 Å². The van der Waals surface area contributed by atoms with E-state index in [2.05, 4.69) is 30.5 Å². The maximum atomic E-state index is 12.4. The highest BCUT2D eigenvalue weighted by Gasteiger charge is 2.09. The highest BCUT2D eigenvalue weighted by molar-refractivity contribution is 5.91. The van der Waals surface area contributed by atoms with Crippen LogP contribution in [0.1, 0.15) is 11.1 Å². The van der Waals surface area contributed by atoms with Crippen LogP contribution in [0.3, 0.4) is 0 Å². The van der Waals surface area contributed by atoms with E-state index < -0.39 is 0 Å². The van der Waals surface area contributed by atoms with E-state index in [0.29, 0.717) is 5.82 Å². The maximum absolute atomic E-state index is 12.4. The Morgan fingerprint density at radius 2 is 1.83 bits per heavy atom. The zero-order valence-electron chi connectivity index (χ0n) is 15.8. The van der Waals surface area contributed by atoms with E-state index in [-0.39, 0.29) is 12.3 Å². The largest absolute Gasteiger partial charge is 0.310 e. The van der Waals surface area contributed by atoms with Crippen LogP contribution in [0, 0.1) is 6.92 Å². The zero-order chi connectivity index (χ0) is 20.1. The molecule has 1 amide bonds. The summed E-state index contributed by atoms with van der Waals surface area (Å²) < 4.78 is 0. The molecule has 0 aliphatic carbocycles. The molecule has 0 saturated heterocycles. The van der Waals surface area contributed by atoms with Gasteiger partial charge in [0.1, 0.15) is 5.82 Å². The average molecular weight is 382 g/mol. The van der Waals surface area contributed by atoms with Crippen LogP contribution in [0.15, 0.2) is 73.6 Å². The SMILES string of the molecule is Cc1cnncc1-c1cncc(CC(=O)Nc2ccc(-c3ccccn3)cn2)c1. The van der Waals surface area contributed by atoms with Gasteiger partial charge in [0.2, 0.25) is 5.91 Å². The number of rotatable bonds is 5. The smallest absolute Gasteiger partial charge is 0.230 e. The van der Waals surface area contributed by atoms with Crippen molar-refractivity contribution in [3.63, 3.8) is 0 Å². The van der Waals surface area contributed by atoms with Gasteiger partial charge in [0.25, 0.3) is 0 Å². The lowest BCUT2D eigenvalue weighted by Gasteiger charge is -2.08. The minimum Gasteiger partial charge on any atom is -0.310 e. The Kier molecular flexibility index (Phi) is 5.29. The third-order valence-electron chi connectivity index (χ3n) is 4.39. The number of carbonyl (C=O) groups is 1. The molecule has 0 unspecified atom stereocenters. The number of aryl methyl sites for hydroxylation is 1. The molecule has 7 nitrogen and oxygen atoms in total. The van der Waals surface area contributed by atoms with Crippen molar-refractivity contribution in [2.75, 3.05) is 5.32 Å². The Hall–Kier alpha value is -4.00. The van der Waals surface area contributed by atoms with Gasteiger partial charge in [-0.15, -0.1) is 0 Å². The second-order valence-electron chi connectivity index (χ2n) is 6.54. The lowest BCUT2D eigenvalue weighted by atomic mass is 10.0. The van der Waals surface area contributed by atoms with Gasteiger partial charge in [-0.25, -0.2) is 4.98 Å². The molecule has 0 aliphatic heterocycles. The molecule has 0 atom stereocenters. The number of nitrogens with one attached hydrogen (secondary N) is 1. The van der Waals surface area contributed by atoms with E-state index in [4.69, 9.17) is 0 Å². The minimum absolute atomic E-state index is 0.161. The second-order valence-corrected chi connectivity index (χ2v) is 6.54. The third-order valence-corrected chi connectivity index (χ3v) is 4.39. The van der Waals surface area contributed by atoms with Crippen molar-refractivity contribution >= 4 is 11.7 Å². The van der Waals surface area contributed by atoms with Crippen molar-refractivity contribution in [2.45, 2.75) is 13.3 Å². The van der Waals surface area contributed by atoms with Gasteiger partial charge in [-0.3, -0.25) is 14.8 Å². The first-order chi connectivity index (χ1) is 14.2. The number of pyridine rings is 3. The summed E-state index contributed by atoms with van der Waals surface area (Å²) in [4.78, 5) is 25.3. The van der Waals surface area contributed by atoms with Crippen molar-refractivity contribution < 1.29 is 4.79 Å². The molecule has 0 bridgehead atoms. The van der Waals surface area contributed by atoms with E-state index in [9.17, 15) is 4.79 Å². The summed E-state index contributed by atoms with van der Waals surface area (Å²) in [6, 6.07) is 11.3. The van der Waals surface area contributed by atoms with Gasteiger partial charge in [-0.2, -0.15) is 10.2 Å². The van der Waals surface area contributed by atoms with Crippen molar-refractivity contribution in [2.24, 2.45) is 0 Å². The third kappa shape index (κ3) is 4.47. The van der Waals surface area contributed by atoms with E-state index in [1.54, 1.807) is 43.2 Å². The lowest BCUT2D eigenvalue weighted by Crippen LogP contribution is -2.15. The molecule has 4 rings (SSSR count). The van der Waals surface area contributed by atoms with Crippen LogP contribution in [0.2, 0.25) is 0 Å². The molecule has 4 aromatic heterocycles. The average Bonchev–Trinajstić information content (AvgIpc) is 2.75. The van der Waals surface area contributed by atoms with E-state index in [0.717, 1.165) is 33.5 Å². The van der Waals surface area contributed by atoms with Gasteiger partial charge in [-0.1, -0.05) is 6.07 Å². The summed E-state index contributed by atoms with van der Waals surface area (Å²) in [7, 11) is 0. The van der Waals surface area contributed by atoms with Crippen LogP contribution in [0.25, 0.3) is 22.4 Å². The Labute approximate surface area is 167 Å². The molecule has 0 aliphatic rings. The number of nitrogens with zero attached hydrogens (tertiary/aromatic N) is 5. The molecule has 0 fully saturated rings. The van der Waals surface area contributed by atoms with Crippen LogP contribution < -0.4 is 5.32 Å². The molecule has 0 saturated carbocycles. The molecule has 0 spiro atoms. The molecule has 142 valence electrons. The molecular formula is C22H18N6O. The Bertz CT molecular complexity index is 1130. The number of hydrogen-bond acceptors (Lipinski definition) is 6. The number of hydrogen-bond donors (Lipinski definition) is 1. The summed E-state index contributed by atoms with van der Waals surface area (Å²) in [5.41, 5.74) is 5.38. The van der Waals surface area contributed by atoms with Crippen LogP contribution in [-0.2, 0) is 11.2 Å². The van der Waals surface area contributed by atoms with E-state index in [1.807, 2.05) is 37.3 Å². The predicted octanol–water partition coefficient (Wildman–Crippen LogP) is 3.49. The van der Waals surface area contributed by atoms with Gasteiger partial charge in [-0.05, 0) is 48.4 Å². The number of carbonyl (C=O) groups excluding carboxylic acids is 1. The monoisotopic (exact) mass is 382 g/mol. The van der Waals surface area contributed by atoms with Crippen LogP contribution in [0.4, 0.5) is 5.82 Å². The predicted molar refractivity (Wildman–Crippen MR) is 110 cm³/mol. The van der Waals surface area contributed by atoms with Crippen LogP contribution in [-0.4, -0.2) is 31.1 Å². The van der Waals surface area contributed by atoms with Gasteiger partial charge in [0.15, 0.2) is 0 Å². The summed E-state index contributed by atoms with van der Waals surface area (Å²) in [6.45, 7) is 1.96. The molecule has 4 aromatic rings. The first kappa shape index (κ1) is 18.4. The number of anilines is 1. The molecule has 0 aromatic carbocycles. The first-order valence-electron chi connectivity index (χ1n) is 9.08. The van der Waals surface area contributed by atoms with Gasteiger partial charge < -0.3 is 5.32 Å². The normalized spacial score (nSPS) is 10.5. The van der Waals surface area contributed by atoms with Gasteiger partial charge in [0.05, 0.1) is 24.5 Å². The highest BCUT2D eigenvalue weighted by Crippen LogP contribution is 2.22. The molecule has 4 heterocycles. The Morgan fingerprint density at radius 3 is 2.59 bits per heavy atom. The quantitative estimate of drug-likeness (QED) is 0.568. The van der Waals surface area contributed by atoms with Crippen molar-refractivity contribution in [1.29, 1.82) is 0 Å². The molecule has 0 radical (unpaired) electrons. The fourth-order valence-corrected chi connectivity index (χ4v) is 2.94. The molecular weight excluding hydrogens is 364 g/mol. The first-order valence-corrected chi connectivity index (χ1v) is 9.08. The Morgan fingerprint density at radius 1 is 0.931 bits per heavy atom. The Balaban J connectivity index is 1.44. The minimum atomic E-state index is -0.161. The highest BCUT2D eigenvalue weighted by atomic mass is 16.1. The summed E-state index contributed by atoms with van der Waals surface area (Å²) >= 11 is 0. The topological polar surface area (TPSA) is 93.5 Å². The van der Waals surface area contributed by atoms with Gasteiger partial charge >= 0.3 is 0 Å². The second kappa shape index (κ2) is 8.35. The van der Waals surface area contributed by atoms with Crippen molar-refractivity contribution in [1.82, 2.24) is 25.1 Å². The fourth-order valence-electron chi connectivity index (χ4n) is 2.94. The molecule has 29 heavy (non-hydrogen) atoms. The lowest BCUT2D eigenvalue weighted by molar-refractivity contribution is -0.115. The standard InChI is InChI=1S/C22H18N6O/c1-15-10-26-27-14-19(15)18-8-16(11-23-12-18)9-22(29)28-21-6-5-17(13-25-21)20-4-2-3-7-24-20/h2-8,10-14H,9H2,1H3,(H,25,28,29). The maximum Gasteiger partial charge on any atom is 0.230 e. The molecule has 1 N–H and O–H groups in total. The fraction of sp³-hybridized carbons (Fsp3) is 0.0909.